The van der Waals surface area contributed by atoms with E-state index in [9.17, 15) is 9.59 Å². The van der Waals surface area contributed by atoms with Crippen molar-refractivity contribution in [1.29, 1.82) is 0 Å². The fourth-order valence-electron chi connectivity index (χ4n) is 3.44. The van der Waals surface area contributed by atoms with Crippen LogP contribution < -0.4 is 5.43 Å². The van der Waals surface area contributed by atoms with Crippen LogP contribution >= 0.6 is 0 Å². The maximum absolute atomic E-state index is 12.8. The lowest BCUT2D eigenvalue weighted by atomic mass is 10.2. The van der Waals surface area contributed by atoms with Gasteiger partial charge in [-0.3, -0.25) is 9.59 Å². The summed E-state index contributed by atoms with van der Waals surface area (Å²) in [4.78, 5) is 26.7. The molecule has 0 atom stereocenters. The van der Waals surface area contributed by atoms with Gasteiger partial charge in [-0.05, 0) is 25.0 Å². The van der Waals surface area contributed by atoms with Gasteiger partial charge in [-0.15, -0.1) is 6.58 Å². The van der Waals surface area contributed by atoms with E-state index in [-0.39, 0.29) is 17.9 Å². The minimum Gasteiger partial charge on any atom is -0.338 e. The van der Waals surface area contributed by atoms with E-state index in [1.807, 2.05) is 27.7 Å². The zero-order chi connectivity index (χ0) is 16.2. The standard InChI is InChI=1S/C19H22N2O2/c1-2-12-21(15-7-3-4-8-15)19(23)14-20-13-11-18(22)16-9-5-6-10-17(16)20/h2,5-6,9-11,13,15H,1,3-4,7-8,12,14H2. The summed E-state index contributed by atoms with van der Waals surface area (Å²) in [6, 6.07) is 9.28. The lowest BCUT2D eigenvalue weighted by Gasteiger charge is -2.28. The monoisotopic (exact) mass is 310 g/mol. The molecule has 0 radical (unpaired) electrons. The molecule has 120 valence electrons. The number of para-hydroxylation sites is 1. The Morgan fingerprint density at radius 1 is 1.26 bits per heavy atom. The number of benzene rings is 1. The number of rotatable bonds is 5. The number of amides is 1. The lowest BCUT2D eigenvalue weighted by Crippen LogP contribution is -2.41. The predicted molar refractivity (Wildman–Crippen MR) is 92.4 cm³/mol. The topological polar surface area (TPSA) is 42.3 Å². The van der Waals surface area contributed by atoms with Gasteiger partial charge in [-0.2, -0.15) is 0 Å². The van der Waals surface area contributed by atoms with Crippen LogP contribution in [0.4, 0.5) is 0 Å². The number of nitrogens with zero attached hydrogens (tertiary/aromatic N) is 2. The van der Waals surface area contributed by atoms with E-state index in [0.29, 0.717) is 18.0 Å². The van der Waals surface area contributed by atoms with Crippen molar-refractivity contribution in [3.8, 4) is 0 Å². The Labute approximate surface area is 136 Å². The van der Waals surface area contributed by atoms with Gasteiger partial charge < -0.3 is 9.47 Å². The second kappa shape index (κ2) is 6.82. The first-order chi connectivity index (χ1) is 11.2. The normalized spacial score (nSPS) is 15.0. The van der Waals surface area contributed by atoms with Crippen molar-refractivity contribution in [2.75, 3.05) is 6.54 Å². The fourth-order valence-corrected chi connectivity index (χ4v) is 3.44. The number of carbonyl (C=O) groups excluding carboxylic acids is 1. The summed E-state index contributed by atoms with van der Waals surface area (Å²) in [6.45, 7) is 4.62. The minimum atomic E-state index is -0.0111. The Bertz CT molecular complexity index is 772. The van der Waals surface area contributed by atoms with Crippen LogP contribution in [0.2, 0.25) is 0 Å². The van der Waals surface area contributed by atoms with E-state index in [4.69, 9.17) is 0 Å². The molecule has 0 unspecified atom stereocenters. The molecule has 1 heterocycles. The second-order valence-corrected chi connectivity index (χ2v) is 6.10. The van der Waals surface area contributed by atoms with Crippen LogP contribution in [0, 0.1) is 0 Å². The summed E-state index contributed by atoms with van der Waals surface area (Å²) in [6.07, 6.45) is 8.02. The first-order valence-electron chi connectivity index (χ1n) is 8.19. The molecule has 1 aromatic carbocycles. The molecule has 1 aliphatic carbocycles. The van der Waals surface area contributed by atoms with Gasteiger partial charge in [-0.25, -0.2) is 0 Å². The largest absolute Gasteiger partial charge is 0.338 e. The number of fused-ring (bicyclic) bond motifs is 1. The number of aromatic nitrogens is 1. The van der Waals surface area contributed by atoms with Gasteiger partial charge >= 0.3 is 0 Å². The molecular formula is C19H22N2O2. The maximum Gasteiger partial charge on any atom is 0.243 e. The summed E-state index contributed by atoms with van der Waals surface area (Å²) in [5.74, 6) is 0.0885. The zero-order valence-electron chi connectivity index (χ0n) is 13.3. The van der Waals surface area contributed by atoms with Crippen molar-refractivity contribution in [2.45, 2.75) is 38.3 Å². The van der Waals surface area contributed by atoms with E-state index in [2.05, 4.69) is 6.58 Å². The quantitative estimate of drug-likeness (QED) is 0.797. The average molecular weight is 310 g/mol. The molecule has 4 heteroatoms. The van der Waals surface area contributed by atoms with Crippen LogP contribution in [0.25, 0.3) is 10.9 Å². The summed E-state index contributed by atoms with van der Waals surface area (Å²) in [5.41, 5.74) is 0.793. The summed E-state index contributed by atoms with van der Waals surface area (Å²) in [7, 11) is 0. The van der Waals surface area contributed by atoms with Crippen molar-refractivity contribution >= 4 is 16.8 Å². The van der Waals surface area contributed by atoms with Gasteiger partial charge in [0.1, 0.15) is 6.54 Å². The zero-order valence-corrected chi connectivity index (χ0v) is 13.3. The van der Waals surface area contributed by atoms with Gasteiger partial charge in [0.05, 0.1) is 5.52 Å². The molecule has 1 saturated carbocycles. The Morgan fingerprint density at radius 2 is 2.00 bits per heavy atom. The molecule has 1 aromatic heterocycles. The smallest absolute Gasteiger partial charge is 0.243 e. The summed E-state index contributed by atoms with van der Waals surface area (Å²) < 4.78 is 1.87. The van der Waals surface area contributed by atoms with Gasteiger partial charge in [-0.1, -0.05) is 31.1 Å². The third kappa shape index (κ3) is 3.21. The van der Waals surface area contributed by atoms with Crippen LogP contribution in [0.15, 0.2) is 54.0 Å². The Kier molecular flexibility index (Phi) is 4.60. The molecule has 4 nitrogen and oxygen atoms in total. The fraction of sp³-hybridized carbons (Fsp3) is 0.368. The number of pyridine rings is 1. The van der Waals surface area contributed by atoms with Gasteiger partial charge in [0.15, 0.2) is 5.43 Å². The van der Waals surface area contributed by atoms with Gasteiger partial charge in [0, 0.05) is 30.2 Å². The van der Waals surface area contributed by atoms with Crippen molar-refractivity contribution in [3.63, 3.8) is 0 Å². The highest BCUT2D eigenvalue weighted by Crippen LogP contribution is 2.24. The van der Waals surface area contributed by atoms with Crippen LogP contribution in [0.1, 0.15) is 25.7 Å². The number of hydrogen-bond acceptors (Lipinski definition) is 2. The van der Waals surface area contributed by atoms with Crippen LogP contribution in [-0.4, -0.2) is 28.0 Å². The highest BCUT2D eigenvalue weighted by Gasteiger charge is 2.25. The van der Waals surface area contributed by atoms with Crippen LogP contribution in [0.3, 0.4) is 0 Å². The van der Waals surface area contributed by atoms with E-state index in [1.165, 1.54) is 18.9 Å². The maximum atomic E-state index is 12.8. The number of carbonyl (C=O) groups is 1. The molecule has 1 aliphatic rings. The van der Waals surface area contributed by atoms with E-state index in [1.54, 1.807) is 18.3 Å². The van der Waals surface area contributed by atoms with E-state index >= 15 is 0 Å². The minimum absolute atomic E-state index is 0.0111. The Morgan fingerprint density at radius 3 is 2.74 bits per heavy atom. The summed E-state index contributed by atoms with van der Waals surface area (Å²) in [5, 5.41) is 0.652. The Hall–Kier alpha value is -2.36. The van der Waals surface area contributed by atoms with Crippen LogP contribution in [0.5, 0.6) is 0 Å². The third-order valence-corrected chi connectivity index (χ3v) is 4.60. The highest BCUT2D eigenvalue weighted by atomic mass is 16.2. The SMILES string of the molecule is C=CCN(C(=O)Cn1ccc(=O)c2ccccc21)C1CCCC1. The molecule has 0 spiro atoms. The third-order valence-electron chi connectivity index (χ3n) is 4.60. The molecule has 0 saturated heterocycles. The second-order valence-electron chi connectivity index (χ2n) is 6.10. The van der Waals surface area contributed by atoms with Crippen molar-refractivity contribution in [3.05, 3.63) is 59.4 Å². The first kappa shape index (κ1) is 15.5. The Balaban J connectivity index is 1.88. The van der Waals surface area contributed by atoms with Gasteiger partial charge in [0.2, 0.25) is 5.91 Å². The molecule has 23 heavy (non-hydrogen) atoms. The summed E-state index contributed by atoms with van der Waals surface area (Å²) >= 11 is 0. The van der Waals surface area contributed by atoms with Crippen molar-refractivity contribution in [1.82, 2.24) is 9.47 Å². The molecule has 3 rings (SSSR count). The molecule has 0 aliphatic heterocycles. The van der Waals surface area contributed by atoms with Crippen molar-refractivity contribution in [2.24, 2.45) is 0 Å². The highest BCUT2D eigenvalue weighted by molar-refractivity contribution is 5.82. The van der Waals surface area contributed by atoms with Crippen LogP contribution in [-0.2, 0) is 11.3 Å². The van der Waals surface area contributed by atoms with Gasteiger partial charge in [0.25, 0.3) is 0 Å². The molecule has 0 N–H and O–H groups in total. The van der Waals surface area contributed by atoms with E-state index in [0.717, 1.165) is 18.4 Å². The van der Waals surface area contributed by atoms with Crippen molar-refractivity contribution < 1.29 is 4.79 Å². The lowest BCUT2D eigenvalue weighted by molar-refractivity contribution is -0.133. The molecule has 1 fully saturated rings. The predicted octanol–water partition coefficient (Wildman–Crippen LogP) is 2.96. The molecule has 0 bridgehead atoms. The molecular weight excluding hydrogens is 288 g/mol. The molecule has 1 amide bonds. The van der Waals surface area contributed by atoms with E-state index < -0.39 is 0 Å². The number of hydrogen-bond donors (Lipinski definition) is 0. The average Bonchev–Trinajstić information content (AvgIpc) is 3.09. The molecule has 2 aromatic rings. The first-order valence-corrected chi connectivity index (χ1v) is 8.19.